The lowest BCUT2D eigenvalue weighted by molar-refractivity contribution is 0.881. The van der Waals surface area contributed by atoms with Gasteiger partial charge in [-0.15, -0.1) is 15.2 Å². The number of hydrogen-bond donors (Lipinski definition) is 1. The van der Waals surface area contributed by atoms with Crippen LogP contribution in [0.15, 0.2) is 60.5 Å². The van der Waals surface area contributed by atoms with Gasteiger partial charge in [-0.2, -0.15) is 0 Å². The Labute approximate surface area is 113 Å². The first-order valence-electron chi connectivity index (χ1n) is 6.01. The average Bonchev–Trinajstić information content (AvgIpc) is 3.23. The van der Waals surface area contributed by atoms with Gasteiger partial charge in [-0.25, -0.2) is 9.55 Å². The maximum atomic E-state index is 4.41. The summed E-state index contributed by atoms with van der Waals surface area (Å²) in [4.78, 5) is 8.73. The molecule has 3 aromatic rings. The molecule has 1 aliphatic heterocycles. The molecule has 0 atom stereocenters. The van der Waals surface area contributed by atoms with Crippen LogP contribution in [0.2, 0.25) is 0 Å². The quantitative estimate of drug-likeness (QED) is 0.664. The highest BCUT2D eigenvalue weighted by Crippen LogP contribution is 2.05. The van der Waals surface area contributed by atoms with E-state index in [1.165, 1.54) is 0 Å². The van der Waals surface area contributed by atoms with Gasteiger partial charge in [-0.3, -0.25) is 4.57 Å². The van der Waals surface area contributed by atoms with Gasteiger partial charge in [0.2, 0.25) is 0 Å². The lowest BCUT2D eigenvalue weighted by Crippen LogP contribution is -2.28. The molecule has 1 aliphatic rings. The number of hydrazone groups is 1. The molecule has 0 bridgehead atoms. The van der Waals surface area contributed by atoms with Crippen LogP contribution < -0.4 is 10.4 Å². The third-order valence-electron chi connectivity index (χ3n) is 2.86. The lowest BCUT2D eigenvalue weighted by Gasteiger charge is -2.01. The normalized spacial score (nSPS) is 14.0. The number of aromatic nitrogens is 5. The zero-order valence-electron chi connectivity index (χ0n) is 10.3. The molecule has 0 spiro atoms. The molecule has 20 heavy (non-hydrogen) atoms. The van der Waals surface area contributed by atoms with Crippen molar-refractivity contribution in [3.63, 3.8) is 0 Å². The van der Waals surface area contributed by atoms with Crippen molar-refractivity contribution in [2.75, 3.05) is 0 Å². The van der Waals surface area contributed by atoms with Gasteiger partial charge in [-0.1, -0.05) is 4.99 Å². The van der Waals surface area contributed by atoms with Crippen LogP contribution in [0.3, 0.4) is 0 Å². The fourth-order valence-electron chi connectivity index (χ4n) is 1.96. The van der Waals surface area contributed by atoms with Gasteiger partial charge < -0.3 is 0 Å². The van der Waals surface area contributed by atoms with Gasteiger partial charge in [0.1, 0.15) is 0 Å². The monoisotopic (exact) mass is 266 g/mol. The first-order valence-corrected chi connectivity index (χ1v) is 6.01. The molecule has 4 rings (SSSR count). The van der Waals surface area contributed by atoms with E-state index in [4.69, 9.17) is 0 Å². The minimum Gasteiger partial charge on any atom is -0.286 e. The van der Waals surface area contributed by atoms with E-state index in [-0.39, 0.29) is 0 Å². The Morgan fingerprint density at radius 3 is 2.70 bits per heavy atom. The standard InChI is InChI=1S/C12H10N8/c1-2-7-18(6-1)12-13-5-9-19(12)10-15-11(17-16-10)20-8-3-4-14-20/h1-9H,(H,16,17)/q+1. The van der Waals surface area contributed by atoms with Crippen LogP contribution in [0.1, 0.15) is 0 Å². The van der Waals surface area contributed by atoms with Crippen molar-refractivity contribution in [1.29, 1.82) is 0 Å². The molecule has 0 aromatic carbocycles. The van der Waals surface area contributed by atoms with E-state index in [2.05, 4.69) is 25.6 Å². The molecule has 3 aromatic heterocycles. The van der Waals surface area contributed by atoms with Crippen LogP contribution in [0.4, 0.5) is 0 Å². The van der Waals surface area contributed by atoms with Gasteiger partial charge in [0.05, 0.1) is 24.8 Å². The second-order valence-electron chi connectivity index (χ2n) is 4.10. The Morgan fingerprint density at radius 1 is 1.00 bits per heavy atom. The van der Waals surface area contributed by atoms with Crippen molar-refractivity contribution in [3.05, 3.63) is 55.4 Å². The smallest absolute Gasteiger partial charge is 0.286 e. The summed E-state index contributed by atoms with van der Waals surface area (Å²) in [7, 11) is 0. The zero-order valence-corrected chi connectivity index (χ0v) is 10.3. The van der Waals surface area contributed by atoms with Crippen LogP contribution in [-0.4, -0.2) is 35.8 Å². The lowest BCUT2D eigenvalue weighted by atomic mass is 10.7. The Bertz CT molecular complexity index is 775. The Balaban J connectivity index is 1.71. The summed E-state index contributed by atoms with van der Waals surface area (Å²) in [5, 5.41) is 8.24. The number of hydrogen-bond acceptors (Lipinski definition) is 5. The maximum Gasteiger partial charge on any atom is 0.406 e. The summed E-state index contributed by atoms with van der Waals surface area (Å²) in [6.45, 7) is 0. The molecule has 97 valence electrons. The second-order valence-corrected chi connectivity index (χ2v) is 4.10. The highest BCUT2D eigenvalue weighted by molar-refractivity contribution is 5.98. The highest BCUT2D eigenvalue weighted by atomic mass is 15.5. The largest absolute Gasteiger partial charge is 0.406 e. The molecule has 4 heterocycles. The van der Waals surface area contributed by atoms with Crippen molar-refractivity contribution in [1.82, 2.24) is 34.3 Å². The first kappa shape index (κ1) is 10.7. The van der Waals surface area contributed by atoms with Gasteiger partial charge in [0.25, 0.3) is 5.95 Å². The minimum atomic E-state index is 0.483. The maximum absolute atomic E-state index is 4.41. The summed E-state index contributed by atoms with van der Waals surface area (Å²) in [5.41, 5.74) is 2.89. The van der Waals surface area contributed by atoms with Gasteiger partial charge in [-0.05, 0) is 18.2 Å². The molecule has 8 nitrogen and oxygen atoms in total. The van der Waals surface area contributed by atoms with E-state index in [0.29, 0.717) is 11.9 Å². The molecule has 8 heteroatoms. The Hall–Kier alpha value is -3.16. The molecule has 0 fully saturated rings. The number of nitrogens with one attached hydrogen (secondary N) is 1. The third-order valence-corrected chi connectivity index (χ3v) is 2.86. The van der Waals surface area contributed by atoms with Crippen molar-refractivity contribution in [3.8, 4) is 5.95 Å². The van der Waals surface area contributed by atoms with E-state index in [1.54, 1.807) is 23.3 Å². The number of imidazole rings is 1. The predicted octanol–water partition coefficient (Wildman–Crippen LogP) is -0.167. The summed E-state index contributed by atoms with van der Waals surface area (Å²) in [5.74, 6) is 1.80. The van der Waals surface area contributed by atoms with Gasteiger partial charge in [0.15, 0.2) is 0 Å². The van der Waals surface area contributed by atoms with E-state index in [1.807, 2.05) is 45.9 Å². The van der Waals surface area contributed by atoms with E-state index in [0.717, 1.165) is 5.95 Å². The summed E-state index contributed by atoms with van der Waals surface area (Å²) >= 11 is 0. The number of rotatable bonds is 1. The highest BCUT2D eigenvalue weighted by Gasteiger charge is 2.25. The molecular formula is C12H10N8+. The van der Waals surface area contributed by atoms with Crippen LogP contribution in [0.25, 0.3) is 5.95 Å². The minimum absolute atomic E-state index is 0.483. The first-order chi connectivity index (χ1) is 9.92. The summed E-state index contributed by atoms with van der Waals surface area (Å²) in [6, 6.07) is 5.70. The van der Waals surface area contributed by atoms with E-state index >= 15 is 0 Å². The number of nitrogens with zero attached hydrogens (tertiary/aromatic N) is 7. The van der Waals surface area contributed by atoms with E-state index < -0.39 is 0 Å². The van der Waals surface area contributed by atoms with Crippen LogP contribution >= 0.6 is 0 Å². The molecule has 0 aliphatic carbocycles. The topological polar surface area (TPSA) is 79.1 Å². The molecule has 0 amide bonds. The van der Waals surface area contributed by atoms with Crippen LogP contribution in [-0.2, 0) is 0 Å². The summed E-state index contributed by atoms with van der Waals surface area (Å²) in [6.07, 6.45) is 10.8. The fourth-order valence-corrected chi connectivity index (χ4v) is 1.96. The molecular weight excluding hydrogens is 256 g/mol. The molecule has 0 unspecified atom stereocenters. The molecule has 0 saturated carbocycles. The second kappa shape index (κ2) is 4.19. The molecule has 1 N–H and O–H groups in total. The number of aliphatic imine (C=N–C) groups is 1. The molecule has 1 radical (unpaired) electrons. The third kappa shape index (κ3) is 1.62. The average molecular weight is 266 g/mol. The Morgan fingerprint density at radius 2 is 1.90 bits per heavy atom. The Kier molecular flexibility index (Phi) is 2.25. The SMILES string of the molecule is c1ccn(-c2nccn2C2=[N+]C(n3cccn3)=NN2)c1. The summed E-state index contributed by atoms with van der Waals surface area (Å²) < 4.78 is 5.31. The van der Waals surface area contributed by atoms with Gasteiger partial charge >= 0.3 is 11.9 Å². The van der Waals surface area contributed by atoms with Gasteiger partial charge in [0, 0.05) is 17.5 Å². The van der Waals surface area contributed by atoms with Crippen molar-refractivity contribution < 1.29 is 0 Å². The van der Waals surface area contributed by atoms with Crippen molar-refractivity contribution in [2.24, 2.45) is 5.10 Å². The zero-order chi connectivity index (χ0) is 13.4. The predicted molar refractivity (Wildman–Crippen MR) is 72.3 cm³/mol. The molecule has 0 saturated heterocycles. The van der Waals surface area contributed by atoms with Crippen molar-refractivity contribution >= 4 is 11.9 Å². The fraction of sp³-hybridized carbons (Fsp3) is 0. The van der Waals surface area contributed by atoms with Crippen LogP contribution in [0, 0.1) is 0 Å². The van der Waals surface area contributed by atoms with Crippen molar-refractivity contribution in [2.45, 2.75) is 0 Å². The van der Waals surface area contributed by atoms with E-state index in [9.17, 15) is 0 Å². The van der Waals surface area contributed by atoms with Crippen LogP contribution in [0.5, 0.6) is 0 Å².